The van der Waals surface area contributed by atoms with Crippen molar-refractivity contribution >= 4 is 10.0 Å². The summed E-state index contributed by atoms with van der Waals surface area (Å²) in [5.74, 6) is -0.591. The second-order valence-corrected chi connectivity index (χ2v) is 9.24. The average Bonchev–Trinajstić information content (AvgIpc) is 3.05. The molecule has 0 aliphatic carbocycles. The maximum absolute atomic E-state index is 13.9. The van der Waals surface area contributed by atoms with Gasteiger partial charge in [-0.15, -0.1) is 0 Å². The Hall–Kier alpha value is -1.77. The van der Waals surface area contributed by atoms with Crippen LogP contribution in [0.5, 0.6) is 0 Å². The SMILES string of the molecule is CN(CC1CCCN(Cc2ccc(-c3cccc(F)c3F)o2)C1)S(C)(=O)=O. The summed E-state index contributed by atoms with van der Waals surface area (Å²) in [4.78, 5) is 2.20. The second kappa shape index (κ2) is 8.08. The minimum atomic E-state index is -3.18. The Labute approximate surface area is 158 Å². The molecule has 1 aromatic heterocycles. The fourth-order valence-corrected chi connectivity index (χ4v) is 3.95. The second-order valence-electron chi connectivity index (χ2n) is 7.15. The van der Waals surface area contributed by atoms with Gasteiger partial charge >= 0.3 is 0 Å². The lowest BCUT2D eigenvalue weighted by Crippen LogP contribution is -2.40. The zero-order chi connectivity index (χ0) is 19.6. The van der Waals surface area contributed by atoms with Crippen molar-refractivity contribution in [3.63, 3.8) is 0 Å². The Morgan fingerprint density at radius 3 is 2.78 bits per heavy atom. The third-order valence-electron chi connectivity index (χ3n) is 4.94. The monoisotopic (exact) mass is 398 g/mol. The first-order valence-electron chi connectivity index (χ1n) is 8.91. The van der Waals surface area contributed by atoms with E-state index in [9.17, 15) is 17.2 Å². The van der Waals surface area contributed by atoms with Gasteiger partial charge in [0, 0.05) is 20.1 Å². The van der Waals surface area contributed by atoms with E-state index in [-0.39, 0.29) is 11.5 Å². The van der Waals surface area contributed by atoms with Crippen molar-refractivity contribution < 1.29 is 21.6 Å². The summed E-state index contributed by atoms with van der Waals surface area (Å²) in [6.45, 7) is 2.71. The Kier molecular flexibility index (Phi) is 5.98. The molecule has 0 N–H and O–H groups in total. The summed E-state index contributed by atoms with van der Waals surface area (Å²) in [5.41, 5.74) is 0.104. The largest absolute Gasteiger partial charge is 0.460 e. The van der Waals surface area contributed by atoms with Gasteiger partial charge < -0.3 is 4.42 Å². The predicted octanol–water partition coefficient (Wildman–Crippen LogP) is 3.33. The average molecular weight is 398 g/mol. The highest BCUT2D eigenvalue weighted by atomic mass is 32.2. The first-order valence-corrected chi connectivity index (χ1v) is 10.8. The zero-order valence-corrected chi connectivity index (χ0v) is 16.3. The molecule has 5 nitrogen and oxygen atoms in total. The summed E-state index contributed by atoms with van der Waals surface area (Å²) in [6.07, 6.45) is 3.17. The molecule has 8 heteroatoms. The van der Waals surface area contributed by atoms with Crippen molar-refractivity contribution in [3.05, 3.63) is 47.7 Å². The van der Waals surface area contributed by atoms with E-state index in [0.29, 0.717) is 24.6 Å². The number of benzene rings is 1. The maximum Gasteiger partial charge on any atom is 0.210 e. The molecule has 27 heavy (non-hydrogen) atoms. The molecule has 148 valence electrons. The minimum Gasteiger partial charge on any atom is -0.460 e. The van der Waals surface area contributed by atoms with E-state index < -0.39 is 21.7 Å². The Morgan fingerprint density at radius 2 is 2.04 bits per heavy atom. The summed E-state index contributed by atoms with van der Waals surface area (Å²) in [6, 6.07) is 7.42. The summed E-state index contributed by atoms with van der Waals surface area (Å²) >= 11 is 0. The van der Waals surface area contributed by atoms with Crippen LogP contribution in [0.25, 0.3) is 11.3 Å². The lowest BCUT2D eigenvalue weighted by atomic mass is 9.98. The molecule has 1 unspecified atom stereocenters. The van der Waals surface area contributed by atoms with Gasteiger partial charge in [0.05, 0.1) is 18.4 Å². The van der Waals surface area contributed by atoms with E-state index in [0.717, 1.165) is 32.0 Å². The van der Waals surface area contributed by atoms with Gasteiger partial charge in [0.2, 0.25) is 10.0 Å². The van der Waals surface area contributed by atoms with E-state index >= 15 is 0 Å². The molecule has 1 saturated heterocycles. The highest BCUT2D eigenvalue weighted by molar-refractivity contribution is 7.88. The molecule has 0 spiro atoms. The lowest BCUT2D eigenvalue weighted by Gasteiger charge is -2.33. The predicted molar refractivity (Wildman–Crippen MR) is 99.5 cm³/mol. The smallest absolute Gasteiger partial charge is 0.210 e. The zero-order valence-electron chi connectivity index (χ0n) is 15.5. The number of nitrogens with zero attached hydrogens (tertiary/aromatic N) is 2. The number of halogens is 2. The number of hydrogen-bond acceptors (Lipinski definition) is 4. The Morgan fingerprint density at radius 1 is 1.26 bits per heavy atom. The van der Waals surface area contributed by atoms with E-state index in [1.54, 1.807) is 19.2 Å². The van der Waals surface area contributed by atoms with Crippen LogP contribution < -0.4 is 0 Å². The molecule has 2 aromatic rings. The van der Waals surface area contributed by atoms with Gasteiger partial charge in [0.25, 0.3) is 0 Å². The maximum atomic E-state index is 13.9. The number of piperidine rings is 1. The van der Waals surface area contributed by atoms with Crippen LogP contribution in [0.4, 0.5) is 8.78 Å². The molecule has 0 radical (unpaired) electrons. The topological polar surface area (TPSA) is 53.8 Å². The highest BCUT2D eigenvalue weighted by Gasteiger charge is 2.24. The molecule has 1 atom stereocenters. The highest BCUT2D eigenvalue weighted by Crippen LogP contribution is 2.27. The van der Waals surface area contributed by atoms with E-state index in [2.05, 4.69) is 4.90 Å². The fourth-order valence-electron chi connectivity index (χ4n) is 3.47. The van der Waals surface area contributed by atoms with E-state index in [1.807, 2.05) is 0 Å². The number of likely N-dealkylation sites (tertiary alicyclic amines) is 1. The van der Waals surface area contributed by atoms with Crippen LogP contribution in [-0.4, -0.2) is 50.6 Å². The first kappa shape index (κ1) is 20.0. The van der Waals surface area contributed by atoms with Crippen LogP contribution in [0.2, 0.25) is 0 Å². The summed E-state index contributed by atoms with van der Waals surface area (Å²) in [5, 5.41) is 0. The molecule has 1 aliphatic rings. The van der Waals surface area contributed by atoms with Crippen LogP contribution >= 0.6 is 0 Å². The molecule has 0 amide bonds. The summed E-state index contributed by atoms with van der Waals surface area (Å²) < 4.78 is 57.7. The molecule has 0 bridgehead atoms. The molecule has 1 aliphatic heterocycles. The van der Waals surface area contributed by atoms with Gasteiger partial charge in [-0.3, -0.25) is 4.90 Å². The number of sulfonamides is 1. The van der Waals surface area contributed by atoms with Crippen LogP contribution in [0.1, 0.15) is 18.6 Å². The quantitative estimate of drug-likeness (QED) is 0.749. The third kappa shape index (κ3) is 4.94. The molecule has 1 fully saturated rings. The van der Waals surface area contributed by atoms with Gasteiger partial charge in [-0.25, -0.2) is 21.5 Å². The number of hydrogen-bond donors (Lipinski definition) is 0. The van der Waals surface area contributed by atoms with Crippen molar-refractivity contribution in [2.24, 2.45) is 5.92 Å². The van der Waals surface area contributed by atoms with Crippen molar-refractivity contribution in [1.29, 1.82) is 0 Å². The van der Waals surface area contributed by atoms with Gasteiger partial charge in [0.1, 0.15) is 11.5 Å². The summed E-state index contributed by atoms with van der Waals surface area (Å²) in [7, 11) is -1.59. The molecule has 0 saturated carbocycles. The fraction of sp³-hybridized carbons (Fsp3) is 0.474. The number of furan rings is 1. The lowest BCUT2D eigenvalue weighted by molar-refractivity contribution is 0.146. The van der Waals surface area contributed by atoms with Crippen LogP contribution in [0.15, 0.2) is 34.7 Å². The minimum absolute atomic E-state index is 0.104. The van der Waals surface area contributed by atoms with Crippen LogP contribution in [-0.2, 0) is 16.6 Å². The van der Waals surface area contributed by atoms with Crippen molar-refractivity contribution in [2.75, 3.05) is 32.9 Å². The van der Waals surface area contributed by atoms with Crippen molar-refractivity contribution in [2.45, 2.75) is 19.4 Å². The molecule has 1 aromatic carbocycles. The van der Waals surface area contributed by atoms with Gasteiger partial charge in [-0.05, 0) is 49.6 Å². The Balaban J connectivity index is 1.64. The first-order chi connectivity index (χ1) is 12.7. The molecular formula is C19H24F2N2O3S. The van der Waals surface area contributed by atoms with Crippen LogP contribution in [0, 0.1) is 17.6 Å². The van der Waals surface area contributed by atoms with Crippen LogP contribution in [0.3, 0.4) is 0 Å². The standard InChI is InChI=1S/C19H24F2N2O3S/c1-22(27(2,24)25)11-14-5-4-10-23(12-14)13-15-8-9-18(26-15)16-6-3-7-17(20)19(16)21/h3,6-9,14H,4-5,10-13H2,1-2H3. The van der Waals surface area contributed by atoms with E-state index in [1.165, 1.54) is 22.7 Å². The normalized spacial score (nSPS) is 18.9. The number of rotatable bonds is 6. The molecule has 2 heterocycles. The third-order valence-corrected chi connectivity index (χ3v) is 6.22. The van der Waals surface area contributed by atoms with Gasteiger partial charge in [-0.1, -0.05) is 6.07 Å². The van der Waals surface area contributed by atoms with Crippen molar-refractivity contribution in [3.8, 4) is 11.3 Å². The van der Waals surface area contributed by atoms with Gasteiger partial charge in [-0.2, -0.15) is 0 Å². The van der Waals surface area contributed by atoms with E-state index in [4.69, 9.17) is 4.42 Å². The Bertz CT molecular complexity index is 898. The van der Waals surface area contributed by atoms with Gasteiger partial charge in [0.15, 0.2) is 11.6 Å². The molecular weight excluding hydrogens is 374 g/mol. The molecule has 3 rings (SSSR count). The van der Waals surface area contributed by atoms with Crippen molar-refractivity contribution in [1.82, 2.24) is 9.21 Å².